The number of nitrogens with one attached hydrogen (secondary N) is 3. The maximum Gasteiger partial charge on any atom is 0.133 e. The van der Waals surface area contributed by atoms with Crippen LogP contribution >= 0.6 is 0 Å². The van der Waals surface area contributed by atoms with Gasteiger partial charge in [-0.15, -0.1) is 0 Å². The molecule has 41 heavy (non-hydrogen) atoms. The molecule has 2 aromatic carbocycles. The summed E-state index contributed by atoms with van der Waals surface area (Å²) >= 11 is 0. The molecule has 3 N–H and O–H groups in total. The molecule has 5 heteroatoms. The van der Waals surface area contributed by atoms with Gasteiger partial charge >= 0.3 is 0 Å². The van der Waals surface area contributed by atoms with Crippen molar-refractivity contribution in [1.82, 2.24) is 10.6 Å². The van der Waals surface area contributed by atoms with Crippen LogP contribution in [-0.2, 0) is 0 Å². The van der Waals surface area contributed by atoms with Crippen molar-refractivity contribution >= 4 is 17.7 Å². The molecule has 2 aromatic rings. The Morgan fingerprint density at radius 3 is 2.29 bits per heavy atom. The summed E-state index contributed by atoms with van der Waals surface area (Å²) in [5.74, 6) is 0.494. The fraction of sp³-hybridized carbons (Fsp3) is 0.333. The van der Waals surface area contributed by atoms with E-state index in [9.17, 15) is 4.39 Å². The van der Waals surface area contributed by atoms with Crippen LogP contribution in [0.3, 0.4) is 0 Å². The zero-order valence-corrected chi connectivity index (χ0v) is 25.7. The number of nitrogens with zero attached hydrogens (tertiary/aromatic N) is 1. The molecule has 0 bridgehead atoms. The molecule has 218 valence electrons. The third kappa shape index (κ3) is 10.8. The highest BCUT2D eigenvalue weighted by Crippen LogP contribution is 2.29. The first-order chi connectivity index (χ1) is 19.9. The van der Waals surface area contributed by atoms with Gasteiger partial charge in [0.05, 0.1) is 0 Å². The number of hydrogen-bond acceptors (Lipinski definition) is 3. The molecule has 0 amide bonds. The quantitative estimate of drug-likeness (QED) is 0.117. The van der Waals surface area contributed by atoms with Crippen LogP contribution in [-0.4, -0.2) is 25.6 Å². The van der Waals surface area contributed by atoms with E-state index in [1.54, 1.807) is 18.2 Å². The Kier molecular flexibility index (Phi) is 14.9. The van der Waals surface area contributed by atoms with Gasteiger partial charge < -0.3 is 16.0 Å². The fourth-order valence-electron chi connectivity index (χ4n) is 4.34. The highest BCUT2D eigenvalue weighted by atomic mass is 19.1. The molecule has 0 heterocycles. The lowest BCUT2D eigenvalue weighted by molar-refractivity contribution is 0.628. The minimum atomic E-state index is -0.269. The summed E-state index contributed by atoms with van der Waals surface area (Å²) in [5, 5.41) is 14.5. The van der Waals surface area contributed by atoms with Gasteiger partial charge in [-0.05, 0) is 85.7 Å². The molecule has 0 aliphatic carbocycles. The number of benzene rings is 2. The molecule has 4 nitrogen and oxygen atoms in total. The first-order valence-corrected chi connectivity index (χ1v) is 14.7. The van der Waals surface area contributed by atoms with Crippen LogP contribution in [0.4, 0.5) is 4.39 Å². The number of amidine groups is 1. The molecule has 2 rings (SSSR count). The summed E-state index contributed by atoms with van der Waals surface area (Å²) in [6, 6.07) is 10.7. The molecular formula is C36H47FN4. The molecule has 0 atom stereocenters. The van der Waals surface area contributed by atoms with Crippen LogP contribution in [0.15, 0.2) is 95.2 Å². The van der Waals surface area contributed by atoms with Crippen molar-refractivity contribution in [3.05, 3.63) is 113 Å². The van der Waals surface area contributed by atoms with Crippen molar-refractivity contribution in [2.45, 2.75) is 66.7 Å². The average Bonchev–Trinajstić information content (AvgIpc) is 2.98. The average molecular weight is 555 g/mol. The smallest absolute Gasteiger partial charge is 0.133 e. The van der Waals surface area contributed by atoms with Gasteiger partial charge in [0.25, 0.3) is 0 Å². The number of unbranched alkanes of at least 4 members (excludes halogenated alkanes) is 2. The predicted octanol–water partition coefficient (Wildman–Crippen LogP) is 9.30. The van der Waals surface area contributed by atoms with Gasteiger partial charge in [-0.3, -0.25) is 0 Å². The molecule has 0 saturated carbocycles. The standard InChI is InChI=1S/C36H47FN4/c1-7-10-12-23-40-36(41-26-29(13-9-3)16-15-27(4)14-11-8-2)34-25-31(30-17-19-32(37)20-18-30)24-33(28(34)5)35(39-6)21-22-38/h12-25,38-39H,7-11,26H2,1-6H3,(H,40,41)/b16-15-,23-12+,27-14+,29-13-,35-21-,38-22?. The van der Waals surface area contributed by atoms with Crippen LogP contribution in [0.25, 0.3) is 16.8 Å². The molecule has 0 aliphatic rings. The first-order valence-electron chi connectivity index (χ1n) is 14.7. The summed E-state index contributed by atoms with van der Waals surface area (Å²) in [7, 11) is 1.85. The summed E-state index contributed by atoms with van der Waals surface area (Å²) in [4.78, 5) is 4.90. The second kappa shape index (κ2) is 18.4. The number of hydrogen-bond donors (Lipinski definition) is 3. The maximum atomic E-state index is 13.8. The Balaban J connectivity index is 2.65. The normalized spacial score (nSPS) is 13.3. The molecule has 0 unspecified atom stereocenters. The Labute approximate surface area is 247 Å². The molecule has 0 aliphatic heterocycles. The molecular weight excluding hydrogens is 507 g/mol. The van der Waals surface area contributed by atoms with Crippen LogP contribution < -0.4 is 10.6 Å². The van der Waals surface area contributed by atoms with Crippen molar-refractivity contribution in [2.75, 3.05) is 13.6 Å². The van der Waals surface area contributed by atoms with E-state index in [-0.39, 0.29) is 5.82 Å². The highest BCUT2D eigenvalue weighted by Gasteiger charge is 2.16. The molecule has 0 aromatic heterocycles. The van der Waals surface area contributed by atoms with Gasteiger partial charge in [-0.25, -0.2) is 9.38 Å². The van der Waals surface area contributed by atoms with E-state index in [1.807, 2.05) is 13.2 Å². The Hall–Kier alpha value is -3.99. The van der Waals surface area contributed by atoms with E-state index in [2.05, 4.69) is 87.8 Å². The second-order valence-corrected chi connectivity index (χ2v) is 9.96. The fourth-order valence-corrected chi connectivity index (χ4v) is 4.34. The van der Waals surface area contributed by atoms with Gasteiger partial charge in [-0.2, -0.15) is 0 Å². The lowest BCUT2D eigenvalue weighted by Crippen LogP contribution is -2.27. The molecule has 0 radical (unpaired) electrons. The van der Waals surface area contributed by atoms with Crippen LogP contribution in [0.5, 0.6) is 0 Å². The van der Waals surface area contributed by atoms with Gasteiger partial charge in [0, 0.05) is 42.8 Å². The van der Waals surface area contributed by atoms with E-state index < -0.39 is 0 Å². The predicted molar refractivity (Wildman–Crippen MR) is 177 cm³/mol. The number of halogens is 1. The van der Waals surface area contributed by atoms with E-state index in [1.165, 1.54) is 29.5 Å². The lowest BCUT2D eigenvalue weighted by Gasteiger charge is -2.19. The summed E-state index contributed by atoms with van der Waals surface area (Å²) in [6.07, 6.45) is 21.0. The van der Waals surface area contributed by atoms with Crippen molar-refractivity contribution in [3.63, 3.8) is 0 Å². The minimum absolute atomic E-state index is 0.269. The Morgan fingerprint density at radius 2 is 1.66 bits per heavy atom. The maximum absolute atomic E-state index is 13.8. The number of rotatable bonds is 15. The Bertz CT molecular complexity index is 1310. The Morgan fingerprint density at radius 1 is 0.951 bits per heavy atom. The monoisotopic (exact) mass is 554 g/mol. The van der Waals surface area contributed by atoms with Crippen LogP contribution in [0, 0.1) is 18.2 Å². The highest BCUT2D eigenvalue weighted by molar-refractivity contribution is 6.03. The summed E-state index contributed by atoms with van der Waals surface area (Å²) in [6.45, 7) is 11.3. The van der Waals surface area contributed by atoms with Crippen LogP contribution in [0.2, 0.25) is 0 Å². The van der Waals surface area contributed by atoms with Gasteiger partial charge in [0.15, 0.2) is 0 Å². The van der Waals surface area contributed by atoms with Crippen molar-refractivity contribution in [3.8, 4) is 11.1 Å². The topological polar surface area (TPSA) is 60.3 Å². The lowest BCUT2D eigenvalue weighted by atomic mass is 9.92. The summed E-state index contributed by atoms with van der Waals surface area (Å²) in [5.41, 5.74) is 8.07. The van der Waals surface area contributed by atoms with E-state index in [0.717, 1.165) is 71.5 Å². The zero-order valence-electron chi connectivity index (χ0n) is 25.7. The van der Waals surface area contributed by atoms with Gasteiger partial charge in [-0.1, -0.05) is 81.7 Å². The molecule has 0 fully saturated rings. The van der Waals surface area contributed by atoms with Gasteiger partial charge in [0.1, 0.15) is 11.7 Å². The zero-order chi connectivity index (χ0) is 30.0. The van der Waals surface area contributed by atoms with Gasteiger partial charge in [0.2, 0.25) is 0 Å². The van der Waals surface area contributed by atoms with Crippen molar-refractivity contribution in [1.29, 1.82) is 5.41 Å². The van der Waals surface area contributed by atoms with Crippen molar-refractivity contribution in [2.24, 2.45) is 4.99 Å². The molecule has 0 spiro atoms. The number of allylic oxidation sites excluding steroid dienone is 6. The van der Waals surface area contributed by atoms with Crippen LogP contribution in [0.1, 0.15) is 76.5 Å². The van der Waals surface area contributed by atoms with Crippen molar-refractivity contribution < 1.29 is 4.39 Å². The second-order valence-electron chi connectivity index (χ2n) is 9.96. The summed E-state index contributed by atoms with van der Waals surface area (Å²) < 4.78 is 13.8. The van der Waals surface area contributed by atoms with E-state index >= 15 is 0 Å². The van der Waals surface area contributed by atoms with E-state index in [0.29, 0.717) is 6.54 Å². The SMILES string of the molecule is CC/C=C(/C=C\C(C)=C\CCC)CN/C(=N/C=C/CCC)c1cc(-c2ccc(F)cc2)cc(/C(=C/C=N)NC)c1C. The van der Waals surface area contributed by atoms with E-state index in [4.69, 9.17) is 10.4 Å². The molecule has 0 saturated heterocycles. The first kappa shape index (κ1) is 33.2. The number of aliphatic imine (C=N–C) groups is 1. The third-order valence-corrected chi connectivity index (χ3v) is 6.66. The minimum Gasteiger partial charge on any atom is -0.388 e. The largest absolute Gasteiger partial charge is 0.388 e. The third-order valence-electron chi connectivity index (χ3n) is 6.66.